The second kappa shape index (κ2) is 6.89. The maximum Gasteiger partial charge on any atom is 0.261 e. The Balaban J connectivity index is 2.11. The van der Waals surface area contributed by atoms with Crippen LogP contribution in [0.3, 0.4) is 0 Å². The fourth-order valence-electron chi connectivity index (χ4n) is 2.61. The van der Waals surface area contributed by atoms with Crippen LogP contribution in [0.4, 0.5) is 0 Å². The van der Waals surface area contributed by atoms with Crippen molar-refractivity contribution in [3.05, 3.63) is 16.3 Å². The maximum absolute atomic E-state index is 12.4. The van der Waals surface area contributed by atoms with E-state index in [1.54, 1.807) is 19.2 Å². The first-order valence-electron chi connectivity index (χ1n) is 7.38. The van der Waals surface area contributed by atoms with Crippen molar-refractivity contribution in [2.45, 2.75) is 50.5 Å². The van der Waals surface area contributed by atoms with Gasteiger partial charge in [-0.15, -0.1) is 11.3 Å². The summed E-state index contributed by atoms with van der Waals surface area (Å²) in [5, 5.41) is 4.53. The van der Waals surface area contributed by atoms with Gasteiger partial charge in [-0.2, -0.15) is 4.31 Å². The molecule has 1 fully saturated rings. The van der Waals surface area contributed by atoms with E-state index in [1.807, 2.05) is 0 Å². The molecule has 1 aliphatic carbocycles. The van der Waals surface area contributed by atoms with Crippen LogP contribution < -0.4 is 5.32 Å². The first-order chi connectivity index (χ1) is 9.98. The first-order valence-corrected chi connectivity index (χ1v) is 9.70. The standard InChI is InChI=1S/C14H22N2O3S2/c1-3-16(4-2)21(18,19)12-9-13(20-10-12)14(17)15-11-7-5-6-8-11/h9-11H,3-8H2,1-2H3,(H,15,17). The highest BCUT2D eigenvalue weighted by Crippen LogP contribution is 2.24. The van der Waals surface area contributed by atoms with Gasteiger partial charge in [0.25, 0.3) is 5.91 Å². The Morgan fingerprint density at radius 3 is 2.52 bits per heavy atom. The number of amides is 1. The van der Waals surface area contributed by atoms with E-state index in [4.69, 9.17) is 0 Å². The minimum Gasteiger partial charge on any atom is -0.349 e. The van der Waals surface area contributed by atoms with Crippen molar-refractivity contribution in [3.8, 4) is 0 Å². The van der Waals surface area contributed by atoms with E-state index in [9.17, 15) is 13.2 Å². The number of thiophene rings is 1. The zero-order valence-electron chi connectivity index (χ0n) is 12.5. The molecule has 118 valence electrons. The first kappa shape index (κ1) is 16.5. The van der Waals surface area contributed by atoms with Crippen LogP contribution in [0.5, 0.6) is 0 Å². The number of nitrogens with one attached hydrogen (secondary N) is 1. The van der Waals surface area contributed by atoms with Crippen molar-refractivity contribution >= 4 is 27.3 Å². The van der Waals surface area contributed by atoms with E-state index in [2.05, 4.69) is 5.32 Å². The molecular formula is C14H22N2O3S2. The summed E-state index contributed by atoms with van der Waals surface area (Å²) in [4.78, 5) is 12.8. The molecule has 7 heteroatoms. The maximum atomic E-state index is 12.4. The zero-order chi connectivity index (χ0) is 15.5. The number of carbonyl (C=O) groups excluding carboxylic acids is 1. The van der Waals surface area contributed by atoms with E-state index in [-0.39, 0.29) is 16.8 Å². The lowest BCUT2D eigenvalue weighted by Gasteiger charge is -2.17. The van der Waals surface area contributed by atoms with Gasteiger partial charge < -0.3 is 5.32 Å². The summed E-state index contributed by atoms with van der Waals surface area (Å²) in [6.45, 7) is 4.47. The summed E-state index contributed by atoms with van der Waals surface area (Å²) in [7, 11) is -3.48. The second-order valence-corrected chi connectivity index (χ2v) is 8.04. The molecule has 1 saturated carbocycles. The molecular weight excluding hydrogens is 308 g/mol. The second-order valence-electron chi connectivity index (χ2n) is 5.19. The Hall–Kier alpha value is -0.920. The summed E-state index contributed by atoms with van der Waals surface area (Å²) < 4.78 is 26.1. The third-order valence-corrected chi connectivity index (χ3v) is 6.94. The van der Waals surface area contributed by atoms with Crippen LogP contribution in [-0.2, 0) is 10.0 Å². The molecule has 1 amide bonds. The van der Waals surface area contributed by atoms with E-state index < -0.39 is 10.0 Å². The third-order valence-electron chi connectivity index (χ3n) is 3.83. The van der Waals surface area contributed by atoms with Crippen LogP contribution in [0.2, 0.25) is 0 Å². The van der Waals surface area contributed by atoms with Gasteiger partial charge in [0.2, 0.25) is 10.0 Å². The highest BCUT2D eigenvalue weighted by molar-refractivity contribution is 7.89. The van der Waals surface area contributed by atoms with Crippen LogP contribution in [0.1, 0.15) is 49.2 Å². The smallest absolute Gasteiger partial charge is 0.261 e. The van der Waals surface area contributed by atoms with Crippen molar-refractivity contribution < 1.29 is 13.2 Å². The number of carbonyl (C=O) groups is 1. The molecule has 0 radical (unpaired) electrons. The number of sulfonamides is 1. The highest BCUT2D eigenvalue weighted by atomic mass is 32.2. The Kier molecular flexibility index (Phi) is 5.40. The van der Waals surface area contributed by atoms with E-state index in [0.717, 1.165) is 25.7 Å². The topological polar surface area (TPSA) is 66.5 Å². The Bertz CT molecular complexity index is 585. The average molecular weight is 330 g/mol. The minimum atomic E-state index is -3.48. The van der Waals surface area contributed by atoms with Crippen molar-refractivity contribution in [2.24, 2.45) is 0 Å². The molecule has 0 spiro atoms. The Morgan fingerprint density at radius 1 is 1.33 bits per heavy atom. The summed E-state index contributed by atoms with van der Waals surface area (Å²) >= 11 is 1.19. The van der Waals surface area contributed by atoms with Gasteiger partial charge in [0, 0.05) is 24.5 Å². The number of nitrogens with zero attached hydrogens (tertiary/aromatic N) is 1. The molecule has 0 aromatic carbocycles. The Labute approximate surface area is 130 Å². The van der Waals surface area contributed by atoms with E-state index in [0.29, 0.717) is 18.0 Å². The zero-order valence-corrected chi connectivity index (χ0v) is 14.1. The van der Waals surface area contributed by atoms with Crippen LogP contribution in [0.25, 0.3) is 0 Å². The summed E-state index contributed by atoms with van der Waals surface area (Å²) in [5.41, 5.74) is 0. The van der Waals surface area contributed by atoms with Crippen molar-refractivity contribution in [1.82, 2.24) is 9.62 Å². The molecule has 0 atom stereocenters. The SMILES string of the molecule is CCN(CC)S(=O)(=O)c1csc(C(=O)NC2CCCC2)c1. The molecule has 1 aromatic heterocycles. The predicted octanol–water partition coefficient (Wildman–Crippen LogP) is 2.45. The lowest BCUT2D eigenvalue weighted by Crippen LogP contribution is -2.32. The predicted molar refractivity (Wildman–Crippen MR) is 84.1 cm³/mol. The van der Waals surface area contributed by atoms with Gasteiger partial charge in [-0.1, -0.05) is 26.7 Å². The van der Waals surface area contributed by atoms with Gasteiger partial charge in [-0.05, 0) is 18.9 Å². The summed E-state index contributed by atoms with van der Waals surface area (Å²) in [5.74, 6) is -0.159. The Morgan fingerprint density at radius 2 is 1.95 bits per heavy atom. The summed E-state index contributed by atoms with van der Waals surface area (Å²) in [6, 6.07) is 1.73. The molecule has 1 aromatic rings. The van der Waals surface area contributed by atoms with Gasteiger partial charge >= 0.3 is 0 Å². The number of rotatable bonds is 6. The molecule has 1 heterocycles. The van der Waals surface area contributed by atoms with Crippen molar-refractivity contribution in [1.29, 1.82) is 0 Å². The molecule has 0 unspecified atom stereocenters. The quantitative estimate of drug-likeness (QED) is 0.871. The fourth-order valence-corrected chi connectivity index (χ4v) is 5.23. The largest absolute Gasteiger partial charge is 0.349 e. The van der Waals surface area contributed by atoms with Gasteiger partial charge in [0.15, 0.2) is 0 Å². The number of hydrogen-bond donors (Lipinski definition) is 1. The van der Waals surface area contributed by atoms with Gasteiger partial charge in [0.1, 0.15) is 0 Å². The van der Waals surface area contributed by atoms with Gasteiger partial charge in [-0.3, -0.25) is 4.79 Å². The van der Waals surface area contributed by atoms with Crippen LogP contribution in [0, 0.1) is 0 Å². The van der Waals surface area contributed by atoms with Crippen LogP contribution >= 0.6 is 11.3 Å². The normalized spacial score (nSPS) is 16.5. The van der Waals surface area contributed by atoms with Crippen molar-refractivity contribution in [2.75, 3.05) is 13.1 Å². The highest BCUT2D eigenvalue weighted by Gasteiger charge is 2.25. The summed E-state index contributed by atoms with van der Waals surface area (Å²) in [6.07, 6.45) is 4.33. The van der Waals surface area contributed by atoms with Crippen LogP contribution in [0.15, 0.2) is 16.3 Å². The monoisotopic (exact) mass is 330 g/mol. The number of hydrogen-bond acceptors (Lipinski definition) is 4. The van der Waals surface area contributed by atoms with Gasteiger partial charge in [0.05, 0.1) is 9.77 Å². The molecule has 2 rings (SSSR count). The molecule has 0 bridgehead atoms. The molecule has 1 N–H and O–H groups in total. The molecule has 5 nitrogen and oxygen atoms in total. The molecule has 0 saturated heterocycles. The fraction of sp³-hybridized carbons (Fsp3) is 0.643. The van der Waals surface area contributed by atoms with Gasteiger partial charge in [-0.25, -0.2) is 8.42 Å². The third kappa shape index (κ3) is 3.64. The van der Waals surface area contributed by atoms with E-state index in [1.165, 1.54) is 21.7 Å². The molecule has 21 heavy (non-hydrogen) atoms. The lowest BCUT2D eigenvalue weighted by molar-refractivity contribution is 0.0942. The van der Waals surface area contributed by atoms with Crippen molar-refractivity contribution in [3.63, 3.8) is 0 Å². The van der Waals surface area contributed by atoms with E-state index >= 15 is 0 Å². The molecule has 1 aliphatic rings. The minimum absolute atomic E-state index is 0.159. The average Bonchev–Trinajstić information content (AvgIpc) is 3.10. The lowest BCUT2D eigenvalue weighted by atomic mass is 10.2. The molecule has 0 aliphatic heterocycles. The van der Waals surface area contributed by atoms with Crippen LogP contribution in [-0.4, -0.2) is 37.8 Å².